The van der Waals surface area contributed by atoms with Gasteiger partial charge in [0.05, 0.1) is 22.5 Å². The Morgan fingerprint density at radius 1 is 0.943 bits per heavy atom. The van der Waals surface area contributed by atoms with Gasteiger partial charge in [0, 0.05) is 19.5 Å². The molecule has 1 N–H and O–H groups in total. The van der Waals surface area contributed by atoms with Crippen LogP contribution in [0.15, 0.2) is 60.0 Å². The highest BCUT2D eigenvalue weighted by atomic mass is 32.1. The molecule has 4 aromatic rings. The van der Waals surface area contributed by atoms with E-state index in [1.807, 2.05) is 17.5 Å². The van der Waals surface area contributed by atoms with Gasteiger partial charge >= 0.3 is 0 Å². The van der Waals surface area contributed by atoms with Crippen LogP contribution in [-0.4, -0.2) is 28.6 Å². The van der Waals surface area contributed by atoms with Gasteiger partial charge in [-0.2, -0.15) is 0 Å². The third-order valence-corrected chi connectivity index (χ3v) is 7.14. The summed E-state index contributed by atoms with van der Waals surface area (Å²) < 4.78 is 8.48. The maximum absolute atomic E-state index is 12.0. The molecule has 0 radical (unpaired) electrons. The quantitative estimate of drug-likeness (QED) is 0.212. The van der Waals surface area contributed by atoms with E-state index in [1.165, 1.54) is 28.0 Å². The first-order valence-corrected chi connectivity index (χ1v) is 13.5. The van der Waals surface area contributed by atoms with Gasteiger partial charge in [0.1, 0.15) is 11.6 Å². The molecule has 0 aliphatic heterocycles. The lowest BCUT2D eigenvalue weighted by atomic mass is 10.1. The third kappa shape index (κ3) is 6.73. The summed E-state index contributed by atoms with van der Waals surface area (Å²) in [6.45, 7) is 6.59. The number of hydrogen-bond donors (Lipinski definition) is 1. The molecule has 0 bridgehead atoms. The molecular formula is C29H35N3O2S. The largest absolute Gasteiger partial charge is 0.493 e. The van der Waals surface area contributed by atoms with Gasteiger partial charge in [-0.25, -0.2) is 4.98 Å². The number of carbonyl (C=O) groups is 1. The van der Waals surface area contributed by atoms with Crippen molar-refractivity contribution in [2.24, 2.45) is 0 Å². The molecule has 2 aromatic heterocycles. The number of nitrogens with zero attached hydrogens (tertiary/aromatic N) is 2. The molecule has 0 unspecified atom stereocenters. The van der Waals surface area contributed by atoms with E-state index in [9.17, 15) is 4.79 Å². The van der Waals surface area contributed by atoms with Crippen molar-refractivity contribution in [3.05, 3.63) is 81.8 Å². The van der Waals surface area contributed by atoms with Crippen LogP contribution in [0, 0.1) is 13.8 Å². The van der Waals surface area contributed by atoms with E-state index < -0.39 is 0 Å². The molecule has 0 spiro atoms. The third-order valence-electron chi connectivity index (χ3n) is 6.27. The highest BCUT2D eigenvalue weighted by molar-refractivity contribution is 7.12. The van der Waals surface area contributed by atoms with Crippen molar-refractivity contribution >= 4 is 28.3 Å². The van der Waals surface area contributed by atoms with Crippen LogP contribution in [0.2, 0.25) is 0 Å². The maximum Gasteiger partial charge on any atom is 0.261 e. The number of aromatic nitrogens is 2. The summed E-state index contributed by atoms with van der Waals surface area (Å²) in [6.07, 6.45) is 6.11. The molecule has 0 fully saturated rings. The smallest absolute Gasteiger partial charge is 0.261 e. The topological polar surface area (TPSA) is 56.1 Å². The van der Waals surface area contributed by atoms with Crippen molar-refractivity contribution < 1.29 is 9.53 Å². The standard InChI is InChI=1S/C29H35N3O2S/c1-22-12-10-13-23(2)28(22)34-20-9-8-19-32-25-15-6-5-14-24(25)31-27(32)17-4-3-7-18-30-29(33)26-16-11-21-35-26/h5-6,10-16,21H,3-4,7-9,17-20H2,1-2H3,(H,30,33). The first-order chi connectivity index (χ1) is 17.1. The van der Waals surface area contributed by atoms with Gasteiger partial charge in [0.25, 0.3) is 5.91 Å². The summed E-state index contributed by atoms with van der Waals surface area (Å²) in [7, 11) is 0. The maximum atomic E-state index is 12.0. The van der Waals surface area contributed by atoms with Crippen LogP contribution in [0.5, 0.6) is 5.75 Å². The SMILES string of the molecule is Cc1cccc(C)c1OCCCCn1c(CCCCCNC(=O)c2cccs2)nc2ccccc21. The number of carbonyl (C=O) groups excluding carboxylic acids is 1. The minimum Gasteiger partial charge on any atom is -0.493 e. The van der Waals surface area contributed by atoms with Crippen LogP contribution >= 0.6 is 11.3 Å². The van der Waals surface area contributed by atoms with E-state index in [1.54, 1.807) is 0 Å². The monoisotopic (exact) mass is 489 g/mol. The number of amides is 1. The number of nitrogens with one attached hydrogen (secondary N) is 1. The average molecular weight is 490 g/mol. The van der Waals surface area contributed by atoms with E-state index in [0.29, 0.717) is 6.54 Å². The number of unbranched alkanes of at least 4 members (excludes halogenated alkanes) is 3. The highest BCUT2D eigenvalue weighted by Gasteiger charge is 2.11. The number of ether oxygens (including phenoxy) is 1. The summed E-state index contributed by atoms with van der Waals surface area (Å²) in [5, 5.41) is 4.94. The van der Waals surface area contributed by atoms with E-state index in [4.69, 9.17) is 9.72 Å². The Hall–Kier alpha value is -3.12. The Bertz CT molecular complexity index is 1210. The predicted molar refractivity (Wildman–Crippen MR) is 145 cm³/mol. The van der Waals surface area contributed by atoms with E-state index in [0.717, 1.165) is 73.6 Å². The minimum absolute atomic E-state index is 0.0309. The van der Waals surface area contributed by atoms with Crippen LogP contribution in [0.4, 0.5) is 0 Å². The first-order valence-electron chi connectivity index (χ1n) is 12.6. The van der Waals surface area contributed by atoms with E-state index >= 15 is 0 Å². The van der Waals surface area contributed by atoms with Gasteiger partial charge in [-0.1, -0.05) is 42.8 Å². The molecular weight excluding hydrogens is 454 g/mol. The molecule has 0 atom stereocenters. The van der Waals surface area contributed by atoms with Gasteiger partial charge in [-0.05, 0) is 74.2 Å². The molecule has 6 heteroatoms. The number of para-hydroxylation sites is 3. The normalized spacial score (nSPS) is 11.1. The van der Waals surface area contributed by atoms with Gasteiger partial charge < -0.3 is 14.6 Å². The van der Waals surface area contributed by atoms with Crippen LogP contribution < -0.4 is 10.1 Å². The second-order valence-electron chi connectivity index (χ2n) is 8.99. The van der Waals surface area contributed by atoms with Crippen molar-refractivity contribution in [2.75, 3.05) is 13.2 Å². The molecule has 184 valence electrons. The number of fused-ring (bicyclic) bond motifs is 1. The number of imidazole rings is 1. The van der Waals surface area contributed by atoms with Crippen molar-refractivity contribution in [1.29, 1.82) is 0 Å². The Balaban J connectivity index is 1.24. The van der Waals surface area contributed by atoms with Crippen molar-refractivity contribution in [2.45, 2.75) is 58.9 Å². The second-order valence-corrected chi connectivity index (χ2v) is 9.94. The lowest BCUT2D eigenvalue weighted by Crippen LogP contribution is -2.23. The van der Waals surface area contributed by atoms with Crippen molar-refractivity contribution in [1.82, 2.24) is 14.9 Å². The Morgan fingerprint density at radius 2 is 1.77 bits per heavy atom. The van der Waals surface area contributed by atoms with Crippen LogP contribution in [0.3, 0.4) is 0 Å². The van der Waals surface area contributed by atoms with Crippen LogP contribution in [0.25, 0.3) is 11.0 Å². The summed E-state index contributed by atoms with van der Waals surface area (Å²) in [4.78, 5) is 17.7. The molecule has 4 rings (SSSR count). The van der Waals surface area contributed by atoms with Crippen LogP contribution in [0.1, 0.15) is 58.7 Å². The lowest BCUT2D eigenvalue weighted by Gasteiger charge is -2.13. The molecule has 0 saturated carbocycles. The second kappa shape index (κ2) is 12.5. The fourth-order valence-corrected chi connectivity index (χ4v) is 5.06. The summed E-state index contributed by atoms with van der Waals surface area (Å²) in [5.74, 6) is 2.21. The molecule has 5 nitrogen and oxygen atoms in total. The van der Waals surface area contributed by atoms with Crippen molar-refractivity contribution in [3.8, 4) is 5.75 Å². The zero-order valence-corrected chi connectivity index (χ0v) is 21.6. The Morgan fingerprint density at radius 3 is 2.57 bits per heavy atom. The van der Waals surface area contributed by atoms with Crippen molar-refractivity contribution in [3.63, 3.8) is 0 Å². The van der Waals surface area contributed by atoms with Gasteiger partial charge in [0.15, 0.2) is 0 Å². The molecule has 35 heavy (non-hydrogen) atoms. The number of rotatable bonds is 13. The molecule has 2 heterocycles. The fraction of sp³-hybridized carbons (Fsp3) is 0.379. The van der Waals surface area contributed by atoms with Gasteiger partial charge in [0.2, 0.25) is 0 Å². The summed E-state index contributed by atoms with van der Waals surface area (Å²) in [6, 6.07) is 18.4. The van der Waals surface area contributed by atoms with E-state index in [-0.39, 0.29) is 5.91 Å². The number of aryl methyl sites for hydroxylation is 4. The van der Waals surface area contributed by atoms with Gasteiger partial charge in [-0.15, -0.1) is 11.3 Å². The highest BCUT2D eigenvalue weighted by Crippen LogP contribution is 2.23. The Kier molecular flexibility index (Phi) is 8.96. The zero-order chi connectivity index (χ0) is 24.5. The van der Waals surface area contributed by atoms with E-state index in [2.05, 4.69) is 66.2 Å². The predicted octanol–water partition coefficient (Wildman–Crippen LogP) is 6.72. The first kappa shape index (κ1) is 25.0. The molecule has 2 aromatic carbocycles. The lowest BCUT2D eigenvalue weighted by molar-refractivity contribution is 0.0957. The molecule has 0 saturated heterocycles. The number of benzene rings is 2. The minimum atomic E-state index is 0.0309. The zero-order valence-electron chi connectivity index (χ0n) is 20.8. The van der Waals surface area contributed by atoms with Gasteiger partial charge in [-0.3, -0.25) is 4.79 Å². The fourth-order valence-electron chi connectivity index (χ4n) is 4.42. The average Bonchev–Trinajstić information content (AvgIpc) is 3.51. The van der Waals surface area contributed by atoms with Crippen LogP contribution in [-0.2, 0) is 13.0 Å². The molecule has 0 aliphatic carbocycles. The number of thiophene rings is 1. The summed E-state index contributed by atoms with van der Waals surface area (Å²) >= 11 is 1.48. The summed E-state index contributed by atoms with van der Waals surface area (Å²) in [5.41, 5.74) is 4.66. The Labute approximate surface area is 212 Å². The molecule has 0 aliphatic rings. The number of hydrogen-bond acceptors (Lipinski definition) is 4. The molecule has 1 amide bonds.